The summed E-state index contributed by atoms with van der Waals surface area (Å²) in [4.78, 5) is 22.0. The van der Waals surface area contributed by atoms with Crippen molar-refractivity contribution in [3.63, 3.8) is 0 Å². The van der Waals surface area contributed by atoms with Crippen LogP contribution in [0.5, 0.6) is 5.75 Å². The molecule has 0 aliphatic rings. The van der Waals surface area contributed by atoms with Gasteiger partial charge in [-0.1, -0.05) is 23.7 Å². The highest BCUT2D eigenvalue weighted by Crippen LogP contribution is 2.21. The van der Waals surface area contributed by atoms with Gasteiger partial charge in [-0.3, -0.25) is 10.1 Å². The van der Waals surface area contributed by atoms with Gasteiger partial charge in [0.25, 0.3) is 5.69 Å². The van der Waals surface area contributed by atoms with E-state index >= 15 is 0 Å². The Balaban J connectivity index is 2.25. The zero-order chi connectivity index (χ0) is 13.8. The summed E-state index contributed by atoms with van der Waals surface area (Å²) in [6.45, 7) is 0. The number of halogens is 1. The van der Waals surface area contributed by atoms with E-state index in [-0.39, 0.29) is 17.0 Å². The molecule has 2 rings (SSSR count). The lowest BCUT2D eigenvalue weighted by Crippen LogP contribution is -2.10. The van der Waals surface area contributed by atoms with Crippen LogP contribution in [0.2, 0.25) is 5.02 Å². The van der Waals surface area contributed by atoms with Crippen molar-refractivity contribution in [2.75, 3.05) is 0 Å². The van der Waals surface area contributed by atoms with E-state index < -0.39 is 10.9 Å². The summed E-state index contributed by atoms with van der Waals surface area (Å²) in [6, 6.07) is 11.7. The molecule has 96 valence electrons. The Kier molecular flexibility index (Phi) is 3.77. The summed E-state index contributed by atoms with van der Waals surface area (Å²) >= 11 is 5.70. The van der Waals surface area contributed by atoms with Gasteiger partial charge in [0, 0.05) is 11.1 Å². The highest BCUT2D eigenvalue weighted by Gasteiger charge is 2.20. The van der Waals surface area contributed by atoms with Gasteiger partial charge in [0.05, 0.1) is 4.92 Å². The number of ether oxygens (including phenoxy) is 1. The van der Waals surface area contributed by atoms with E-state index in [2.05, 4.69) is 0 Å². The molecule has 0 atom stereocenters. The van der Waals surface area contributed by atoms with E-state index in [4.69, 9.17) is 16.3 Å². The second-order valence-electron chi connectivity index (χ2n) is 3.62. The molecule has 2 aromatic carbocycles. The number of hydrogen-bond acceptors (Lipinski definition) is 4. The van der Waals surface area contributed by atoms with Gasteiger partial charge >= 0.3 is 5.97 Å². The molecule has 0 saturated carbocycles. The summed E-state index contributed by atoms with van der Waals surface area (Å²) in [5, 5.41) is 11.3. The molecule has 5 nitrogen and oxygen atoms in total. The Morgan fingerprint density at radius 3 is 2.37 bits per heavy atom. The third kappa shape index (κ3) is 3.08. The first-order chi connectivity index (χ1) is 9.08. The molecule has 0 radical (unpaired) electrons. The maximum Gasteiger partial charge on any atom is 0.350 e. The Morgan fingerprint density at radius 2 is 1.74 bits per heavy atom. The second-order valence-corrected chi connectivity index (χ2v) is 4.05. The number of nitrogens with zero attached hydrogens (tertiary/aromatic N) is 1. The maximum atomic E-state index is 11.9. The quantitative estimate of drug-likeness (QED) is 0.373. The van der Waals surface area contributed by atoms with Gasteiger partial charge in [0.1, 0.15) is 11.3 Å². The van der Waals surface area contributed by atoms with E-state index in [1.165, 1.54) is 36.4 Å². The maximum absolute atomic E-state index is 11.9. The van der Waals surface area contributed by atoms with Crippen LogP contribution in [0.3, 0.4) is 0 Å². The van der Waals surface area contributed by atoms with E-state index in [1.54, 1.807) is 12.1 Å². The molecule has 19 heavy (non-hydrogen) atoms. The minimum Gasteiger partial charge on any atom is -0.423 e. The SMILES string of the molecule is O=C(Oc1ccc(Cl)cc1)c1ccccc1[N+](=O)[O-]. The largest absolute Gasteiger partial charge is 0.423 e. The first-order valence-corrected chi connectivity index (χ1v) is 5.67. The van der Waals surface area contributed by atoms with Crippen molar-refractivity contribution in [2.45, 2.75) is 0 Å². The molecular formula is C13H8ClNO4. The van der Waals surface area contributed by atoms with Crippen molar-refractivity contribution in [1.29, 1.82) is 0 Å². The third-order valence-corrected chi connectivity index (χ3v) is 2.60. The van der Waals surface area contributed by atoms with Crippen LogP contribution in [-0.2, 0) is 0 Å². The van der Waals surface area contributed by atoms with Crippen LogP contribution in [0.1, 0.15) is 10.4 Å². The van der Waals surface area contributed by atoms with Gasteiger partial charge in [-0.2, -0.15) is 0 Å². The highest BCUT2D eigenvalue weighted by atomic mass is 35.5. The minimum absolute atomic E-state index is 0.0950. The van der Waals surface area contributed by atoms with Crippen LogP contribution < -0.4 is 4.74 Å². The van der Waals surface area contributed by atoms with Gasteiger partial charge in [-0.25, -0.2) is 4.79 Å². The number of esters is 1. The number of rotatable bonds is 3. The number of para-hydroxylation sites is 1. The standard InChI is InChI=1S/C13H8ClNO4/c14-9-5-7-10(8-6-9)19-13(16)11-3-1-2-4-12(11)15(17)18/h1-8H. The van der Waals surface area contributed by atoms with Crippen LogP contribution in [-0.4, -0.2) is 10.9 Å². The lowest BCUT2D eigenvalue weighted by molar-refractivity contribution is -0.385. The van der Waals surface area contributed by atoms with Crippen LogP contribution in [0.15, 0.2) is 48.5 Å². The summed E-state index contributed by atoms with van der Waals surface area (Å²) in [6.07, 6.45) is 0. The zero-order valence-corrected chi connectivity index (χ0v) is 10.3. The molecule has 0 N–H and O–H groups in total. The fourth-order valence-electron chi connectivity index (χ4n) is 1.47. The number of nitro benzene ring substituents is 1. The van der Waals surface area contributed by atoms with Crippen molar-refractivity contribution in [1.82, 2.24) is 0 Å². The van der Waals surface area contributed by atoms with Crippen molar-refractivity contribution < 1.29 is 14.5 Å². The summed E-state index contributed by atoms with van der Waals surface area (Å²) in [5.74, 6) is -0.512. The number of carbonyl (C=O) groups is 1. The molecule has 0 aromatic heterocycles. The molecule has 6 heteroatoms. The van der Waals surface area contributed by atoms with Gasteiger partial charge in [0.2, 0.25) is 0 Å². The zero-order valence-electron chi connectivity index (χ0n) is 9.58. The normalized spacial score (nSPS) is 9.95. The van der Waals surface area contributed by atoms with Gasteiger partial charge in [-0.05, 0) is 30.3 Å². The number of benzene rings is 2. The molecule has 0 heterocycles. The number of hydrogen-bond donors (Lipinski definition) is 0. The van der Waals surface area contributed by atoms with Gasteiger partial charge < -0.3 is 4.74 Å². The molecule has 0 aliphatic carbocycles. The fourth-order valence-corrected chi connectivity index (χ4v) is 1.60. The summed E-state index contributed by atoms with van der Waals surface area (Å²) in [7, 11) is 0. The van der Waals surface area contributed by atoms with Crippen molar-refractivity contribution >= 4 is 23.3 Å². The van der Waals surface area contributed by atoms with Crippen molar-refractivity contribution in [2.24, 2.45) is 0 Å². The molecule has 0 amide bonds. The Labute approximate surface area is 113 Å². The Morgan fingerprint density at radius 1 is 1.11 bits per heavy atom. The Bertz CT molecular complexity index is 625. The first kappa shape index (κ1) is 13.0. The van der Waals surface area contributed by atoms with Crippen molar-refractivity contribution in [3.8, 4) is 5.75 Å². The first-order valence-electron chi connectivity index (χ1n) is 5.29. The fraction of sp³-hybridized carbons (Fsp3) is 0. The van der Waals surface area contributed by atoms with Crippen LogP contribution in [0.25, 0.3) is 0 Å². The lowest BCUT2D eigenvalue weighted by atomic mass is 10.2. The van der Waals surface area contributed by atoms with E-state index in [1.807, 2.05) is 0 Å². The second kappa shape index (κ2) is 5.49. The van der Waals surface area contributed by atoms with Crippen LogP contribution in [0.4, 0.5) is 5.69 Å². The molecule has 0 aliphatic heterocycles. The third-order valence-electron chi connectivity index (χ3n) is 2.34. The number of nitro groups is 1. The average Bonchev–Trinajstić information content (AvgIpc) is 2.41. The number of carbonyl (C=O) groups excluding carboxylic acids is 1. The van der Waals surface area contributed by atoms with Crippen LogP contribution in [0, 0.1) is 10.1 Å². The highest BCUT2D eigenvalue weighted by molar-refractivity contribution is 6.30. The van der Waals surface area contributed by atoms with Gasteiger partial charge in [0.15, 0.2) is 0 Å². The average molecular weight is 278 g/mol. The van der Waals surface area contributed by atoms with E-state index in [0.717, 1.165) is 0 Å². The topological polar surface area (TPSA) is 69.4 Å². The van der Waals surface area contributed by atoms with E-state index in [9.17, 15) is 14.9 Å². The molecule has 2 aromatic rings. The predicted octanol–water partition coefficient (Wildman–Crippen LogP) is 3.47. The molecule has 0 unspecified atom stereocenters. The summed E-state index contributed by atoms with van der Waals surface area (Å²) < 4.78 is 5.04. The predicted molar refractivity (Wildman–Crippen MR) is 69.5 cm³/mol. The molecule has 0 saturated heterocycles. The van der Waals surface area contributed by atoms with Crippen molar-refractivity contribution in [3.05, 3.63) is 69.2 Å². The molecule has 0 bridgehead atoms. The van der Waals surface area contributed by atoms with Gasteiger partial charge in [-0.15, -0.1) is 0 Å². The van der Waals surface area contributed by atoms with Crippen LogP contribution >= 0.6 is 11.6 Å². The smallest absolute Gasteiger partial charge is 0.350 e. The minimum atomic E-state index is -0.783. The Hall–Kier alpha value is -2.40. The molecule has 0 fully saturated rings. The lowest BCUT2D eigenvalue weighted by Gasteiger charge is -2.04. The molecule has 0 spiro atoms. The summed E-state index contributed by atoms with van der Waals surface area (Å²) in [5.41, 5.74) is -0.385. The molecular weight excluding hydrogens is 270 g/mol. The van der Waals surface area contributed by atoms with E-state index in [0.29, 0.717) is 5.02 Å². The monoisotopic (exact) mass is 277 g/mol.